The summed E-state index contributed by atoms with van der Waals surface area (Å²) in [5.41, 5.74) is 3.23. The van der Waals surface area contributed by atoms with Gasteiger partial charge < -0.3 is 10.3 Å². The lowest BCUT2D eigenvalue weighted by Crippen LogP contribution is -2.31. The third-order valence-electron chi connectivity index (χ3n) is 4.21. The highest BCUT2D eigenvalue weighted by atomic mass is 35.5. The lowest BCUT2D eigenvalue weighted by molar-refractivity contribution is -0.120. The molecule has 4 nitrogen and oxygen atoms in total. The molecule has 24 heavy (non-hydrogen) atoms. The summed E-state index contributed by atoms with van der Waals surface area (Å²) >= 11 is 7.41. The van der Waals surface area contributed by atoms with E-state index in [1.54, 1.807) is 0 Å². The average Bonchev–Trinajstić information content (AvgIpc) is 2.97. The zero-order chi connectivity index (χ0) is 16.9. The molecule has 1 aliphatic carbocycles. The van der Waals surface area contributed by atoms with Gasteiger partial charge in [0.25, 0.3) is 0 Å². The molecule has 0 saturated carbocycles. The van der Waals surface area contributed by atoms with Gasteiger partial charge in [-0.2, -0.15) is 0 Å². The van der Waals surface area contributed by atoms with E-state index in [1.807, 2.05) is 25.1 Å². The summed E-state index contributed by atoms with van der Waals surface area (Å²) in [6.07, 6.45) is 8.24. The zero-order valence-electron chi connectivity index (χ0n) is 13.8. The Morgan fingerprint density at radius 3 is 3.12 bits per heavy atom. The van der Waals surface area contributed by atoms with E-state index in [4.69, 9.17) is 11.6 Å². The molecule has 1 aliphatic rings. The summed E-state index contributed by atoms with van der Waals surface area (Å²) in [6.45, 7) is 2.62. The molecule has 6 heteroatoms. The topological polar surface area (TPSA) is 57.8 Å². The zero-order valence-corrected chi connectivity index (χ0v) is 15.3. The van der Waals surface area contributed by atoms with Crippen molar-refractivity contribution in [3.63, 3.8) is 0 Å². The molecule has 0 radical (unpaired) electrons. The van der Waals surface area contributed by atoms with Crippen LogP contribution in [0.1, 0.15) is 39.0 Å². The summed E-state index contributed by atoms with van der Waals surface area (Å²) < 4.78 is 0. The predicted molar refractivity (Wildman–Crippen MR) is 101 cm³/mol. The van der Waals surface area contributed by atoms with Crippen LogP contribution >= 0.6 is 23.4 Å². The molecule has 128 valence electrons. The van der Waals surface area contributed by atoms with Crippen LogP contribution in [0, 0.1) is 0 Å². The molecule has 1 atom stereocenters. The van der Waals surface area contributed by atoms with Gasteiger partial charge in [-0.25, -0.2) is 4.98 Å². The maximum Gasteiger partial charge on any atom is 0.233 e. The lowest BCUT2D eigenvalue weighted by atomic mass is 9.97. The maximum absolute atomic E-state index is 12.2. The summed E-state index contributed by atoms with van der Waals surface area (Å²) in [4.78, 5) is 19.9. The molecule has 1 aromatic heterocycles. The van der Waals surface area contributed by atoms with E-state index in [0.717, 1.165) is 22.6 Å². The van der Waals surface area contributed by atoms with Gasteiger partial charge in [0.15, 0.2) is 5.16 Å². The molecular formula is C18H22ClN3OS. The minimum Gasteiger partial charge on any atom is -0.355 e. The molecule has 2 N–H and O–H groups in total. The number of hydrogen-bond donors (Lipinski definition) is 2. The van der Waals surface area contributed by atoms with Gasteiger partial charge >= 0.3 is 0 Å². The first-order valence-corrected chi connectivity index (χ1v) is 9.65. The highest BCUT2D eigenvalue weighted by Crippen LogP contribution is 2.25. The Morgan fingerprint density at radius 1 is 1.46 bits per heavy atom. The first-order valence-electron chi connectivity index (χ1n) is 8.39. The summed E-state index contributed by atoms with van der Waals surface area (Å²) in [6, 6.07) is 5.53. The smallest absolute Gasteiger partial charge is 0.233 e. The van der Waals surface area contributed by atoms with Crippen LogP contribution in [0.5, 0.6) is 0 Å². The van der Waals surface area contributed by atoms with E-state index in [2.05, 4.69) is 21.4 Å². The number of allylic oxidation sites excluding steroid dienone is 1. The van der Waals surface area contributed by atoms with Crippen LogP contribution in [0.25, 0.3) is 11.0 Å². The number of thioether (sulfide) groups is 1. The van der Waals surface area contributed by atoms with Gasteiger partial charge in [-0.1, -0.05) is 35.0 Å². The molecule has 3 rings (SSSR count). The molecule has 0 fully saturated rings. The second-order valence-electron chi connectivity index (χ2n) is 6.11. The van der Waals surface area contributed by atoms with Crippen molar-refractivity contribution in [3.05, 3.63) is 34.9 Å². The normalized spacial score (nSPS) is 16.0. The fourth-order valence-electron chi connectivity index (χ4n) is 2.86. The van der Waals surface area contributed by atoms with Crippen LogP contribution in [0.4, 0.5) is 0 Å². The first-order chi connectivity index (χ1) is 11.6. The van der Waals surface area contributed by atoms with E-state index in [0.29, 0.717) is 11.6 Å². The number of halogens is 1. The Kier molecular flexibility index (Phi) is 5.85. The van der Waals surface area contributed by atoms with Crippen molar-refractivity contribution in [3.8, 4) is 0 Å². The quantitative estimate of drug-likeness (QED) is 0.577. The average molecular weight is 364 g/mol. The van der Waals surface area contributed by atoms with Crippen LogP contribution in [0.2, 0.25) is 5.02 Å². The number of imidazole rings is 1. The lowest BCUT2D eigenvalue weighted by Gasteiger charge is -2.14. The van der Waals surface area contributed by atoms with Gasteiger partial charge in [-0.05, 0) is 57.2 Å². The van der Waals surface area contributed by atoms with Crippen molar-refractivity contribution >= 4 is 40.3 Å². The van der Waals surface area contributed by atoms with Crippen molar-refractivity contribution in [1.82, 2.24) is 15.3 Å². The van der Waals surface area contributed by atoms with Gasteiger partial charge in [0.1, 0.15) is 0 Å². The Morgan fingerprint density at radius 2 is 2.33 bits per heavy atom. The number of nitrogens with one attached hydrogen (secondary N) is 2. The Bertz CT molecular complexity index is 756. The first kappa shape index (κ1) is 17.4. The van der Waals surface area contributed by atoms with Crippen molar-refractivity contribution in [1.29, 1.82) is 0 Å². The number of fused-ring (bicyclic) bond motifs is 1. The van der Waals surface area contributed by atoms with Gasteiger partial charge in [-0.3, -0.25) is 4.79 Å². The fourth-order valence-corrected chi connectivity index (χ4v) is 3.87. The van der Waals surface area contributed by atoms with E-state index < -0.39 is 0 Å². The number of amides is 1. The molecule has 2 aromatic rings. The summed E-state index contributed by atoms with van der Waals surface area (Å²) in [5, 5.41) is 4.25. The summed E-state index contributed by atoms with van der Waals surface area (Å²) in [5.74, 6) is 0.0508. The van der Waals surface area contributed by atoms with Crippen molar-refractivity contribution in [2.75, 3.05) is 6.54 Å². The molecule has 0 bridgehead atoms. The second-order valence-corrected chi connectivity index (χ2v) is 7.88. The molecule has 1 aromatic carbocycles. The molecule has 0 spiro atoms. The monoisotopic (exact) mass is 363 g/mol. The second kappa shape index (κ2) is 8.08. The van der Waals surface area contributed by atoms with Crippen molar-refractivity contribution in [2.24, 2.45) is 0 Å². The SMILES string of the molecule is C[C@H](Sc1nc2ccc(Cl)cc2[nH]1)C(=O)NCCC1=CCCCC1. The predicted octanol–water partition coefficient (Wildman–Crippen LogP) is 4.70. The highest BCUT2D eigenvalue weighted by molar-refractivity contribution is 8.00. The Balaban J connectivity index is 1.50. The highest BCUT2D eigenvalue weighted by Gasteiger charge is 2.16. The van der Waals surface area contributed by atoms with Crippen LogP contribution in [-0.4, -0.2) is 27.7 Å². The number of benzene rings is 1. The van der Waals surface area contributed by atoms with Gasteiger partial charge in [0.05, 0.1) is 16.3 Å². The number of H-pyrrole nitrogens is 1. The molecule has 0 aliphatic heterocycles. The van der Waals surface area contributed by atoms with E-state index in [1.165, 1.54) is 43.0 Å². The number of aromatic nitrogens is 2. The summed E-state index contributed by atoms with van der Waals surface area (Å²) in [7, 11) is 0. The van der Waals surface area contributed by atoms with Gasteiger partial charge in [-0.15, -0.1) is 0 Å². The largest absolute Gasteiger partial charge is 0.355 e. The van der Waals surface area contributed by atoms with Crippen LogP contribution in [-0.2, 0) is 4.79 Å². The van der Waals surface area contributed by atoms with Crippen LogP contribution in [0.15, 0.2) is 35.0 Å². The Labute approximate surface area is 151 Å². The number of rotatable bonds is 6. The standard InChI is InChI=1S/C18H22ClN3OS/c1-12(17(23)20-10-9-13-5-3-2-4-6-13)24-18-21-15-8-7-14(19)11-16(15)22-18/h5,7-8,11-12H,2-4,6,9-10H2,1H3,(H,20,23)(H,21,22)/t12-/m0/s1. The third-order valence-corrected chi connectivity index (χ3v) is 5.43. The molecule has 0 saturated heterocycles. The Hall–Kier alpha value is -1.46. The number of carbonyl (C=O) groups excluding carboxylic acids is 1. The van der Waals surface area contributed by atoms with Crippen LogP contribution < -0.4 is 5.32 Å². The maximum atomic E-state index is 12.2. The fraction of sp³-hybridized carbons (Fsp3) is 0.444. The van der Waals surface area contributed by atoms with Crippen molar-refractivity contribution in [2.45, 2.75) is 49.4 Å². The minimum absolute atomic E-state index is 0.0508. The molecule has 1 heterocycles. The molecule has 0 unspecified atom stereocenters. The molecular weight excluding hydrogens is 342 g/mol. The molecule has 1 amide bonds. The number of carbonyl (C=O) groups is 1. The van der Waals surface area contributed by atoms with Crippen molar-refractivity contribution < 1.29 is 4.79 Å². The number of nitrogens with zero attached hydrogens (tertiary/aromatic N) is 1. The van der Waals surface area contributed by atoms with Crippen LogP contribution in [0.3, 0.4) is 0 Å². The number of aromatic amines is 1. The van der Waals surface area contributed by atoms with E-state index >= 15 is 0 Å². The van der Waals surface area contributed by atoms with E-state index in [-0.39, 0.29) is 11.2 Å². The van der Waals surface area contributed by atoms with E-state index in [9.17, 15) is 4.79 Å². The van der Waals surface area contributed by atoms with Gasteiger partial charge in [0, 0.05) is 11.6 Å². The number of hydrogen-bond acceptors (Lipinski definition) is 3. The van der Waals surface area contributed by atoms with Gasteiger partial charge in [0.2, 0.25) is 5.91 Å². The third kappa shape index (κ3) is 4.54. The minimum atomic E-state index is -0.193.